The van der Waals surface area contributed by atoms with Crippen LogP contribution in [0.5, 0.6) is 34.5 Å². The highest BCUT2D eigenvalue weighted by molar-refractivity contribution is 5.64. The van der Waals surface area contributed by atoms with Crippen LogP contribution in [-0.4, -0.2) is 115 Å². The fourth-order valence-electron chi connectivity index (χ4n) is 5.83. The fraction of sp³-hybridized carbons (Fsp3) is 0.571. The first kappa shape index (κ1) is 30.9. The van der Waals surface area contributed by atoms with E-state index in [1.54, 1.807) is 18.2 Å². The summed E-state index contributed by atoms with van der Waals surface area (Å²) in [6.07, 6.45) is -7.02. The zero-order chi connectivity index (χ0) is 30.0. The number of methoxy groups -OCH3 is 4. The van der Waals surface area contributed by atoms with Crippen molar-refractivity contribution >= 4 is 0 Å². The summed E-state index contributed by atoms with van der Waals surface area (Å²) in [5, 5.41) is 72.6. The quantitative estimate of drug-likeness (QED) is 0.196. The van der Waals surface area contributed by atoms with Gasteiger partial charge in [-0.3, -0.25) is 0 Å². The molecular weight excluding hydrogens is 544 g/mol. The van der Waals surface area contributed by atoms with Gasteiger partial charge >= 0.3 is 0 Å². The Morgan fingerprint density at radius 1 is 0.780 bits per heavy atom. The highest BCUT2D eigenvalue weighted by Gasteiger charge is 2.46. The Kier molecular flexibility index (Phi) is 9.70. The minimum atomic E-state index is -1.63. The molecular formula is C28H38O13. The summed E-state index contributed by atoms with van der Waals surface area (Å²) in [5.74, 6) is -1.51. The highest BCUT2D eigenvalue weighted by Crippen LogP contribution is 2.54. The van der Waals surface area contributed by atoms with Gasteiger partial charge in [0.25, 0.3) is 0 Å². The molecule has 1 heterocycles. The van der Waals surface area contributed by atoms with Gasteiger partial charge < -0.3 is 64.2 Å². The maximum absolute atomic E-state index is 11.0. The lowest BCUT2D eigenvalue weighted by molar-refractivity contribution is -0.304. The SMILES string of the molecule is COc1cc([C@H]2c3c(cc(OC)c(O)c3OC)C[C@@H](CO)[C@@H]2CO[C@H]2O[C@@H](CO)[C@@H](O)[C@@H](O)[C@@H]2O)cc(OC)c1O. The summed E-state index contributed by atoms with van der Waals surface area (Å²) >= 11 is 0. The number of phenols is 2. The number of ether oxygens (including phenoxy) is 6. The molecule has 0 bridgehead atoms. The molecule has 2 aliphatic rings. The average Bonchev–Trinajstić information content (AvgIpc) is 2.98. The Balaban J connectivity index is 1.85. The zero-order valence-corrected chi connectivity index (χ0v) is 23.3. The molecule has 8 atom stereocenters. The van der Waals surface area contributed by atoms with Crippen LogP contribution in [0.3, 0.4) is 0 Å². The molecule has 2 aromatic rings. The van der Waals surface area contributed by atoms with Crippen LogP contribution in [0.25, 0.3) is 0 Å². The lowest BCUT2D eigenvalue weighted by atomic mass is 9.66. The first-order valence-electron chi connectivity index (χ1n) is 13.1. The highest BCUT2D eigenvalue weighted by atomic mass is 16.7. The van der Waals surface area contributed by atoms with Gasteiger partial charge in [-0.25, -0.2) is 0 Å². The summed E-state index contributed by atoms with van der Waals surface area (Å²) in [7, 11) is 5.60. The predicted molar refractivity (Wildman–Crippen MR) is 142 cm³/mol. The molecule has 0 unspecified atom stereocenters. The molecule has 0 radical (unpaired) electrons. The van der Waals surface area contributed by atoms with Gasteiger partial charge in [-0.15, -0.1) is 0 Å². The molecule has 0 spiro atoms. The molecule has 1 aliphatic carbocycles. The number of hydrogen-bond acceptors (Lipinski definition) is 13. The van der Waals surface area contributed by atoms with E-state index in [1.807, 2.05) is 0 Å². The molecule has 13 heteroatoms. The van der Waals surface area contributed by atoms with E-state index in [9.17, 15) is 35.7 Å². The number of rotatable bonds is 10. The molecule has 0 aromatic heterocycles. The summed E-state index contributed by atoms with van der Waals surface area (Å²) in [6.45, 7) is -1.02. The van der Waals surface area contributed by atoms with Crippen molar-refractivity contribution in [3.8, 4) is 34.5 Å². The smallest absolute Gasteiger partial charge is 0.201 e. The molecule has 228 valence electrons. The van der Waals surface area contributed by atoms with Crippen molar-refractivity contribution in [3.63, 3.8) is 0 Å². The van der Waals surface area contributed by atoms with E-state index in [2.05, 4.69) is 0 Å². The summed E-state index contributed by atoms with van der Waals surface area (Å²) in [4.78, 5) is 0. The lowest BCUT2D eigenvalue weighted by Crippen LogP contribution is -2.59. The van der Waals surface area contributed by atoms with Crippen LogP contribution in [0.4, 0.5) is 0 Å². The van der Waals surface area contributed by atoms with Gasteiger partial charge in [0.05, 0.1) is 41.7 Å². The Morgan fingerprint density at radius 3 is 1.93 bits per heavy atom. The second kappa shape index (κ2) is 12.9. The van der Waals surface area contributed by atoms with Crippen molar-refractivity contribution in [1.29, 1.82) is 0 Å². The fourth-order valence-corrected chi connectivity index (χ4v) is 5.83. The molecule has 7 N–H and O–H groups in total. The van der Waals surface area contributed by atoms with E-state index in [0.29, 0.717) is 17.5 Å². The molecule has 1 fully saturated rings. The minimum Gasteiger partial charge on any atom is -0.502 e. The Hall–Kier alpha value is -3.04. The van der Waals surface area contributed by atoms with Crippen molar-refractivity contribution in [1.82, 2.24) is 0 Å². The molecule has 0 amide bonds. The number of aliphatic hydroxyl groups excluding tert-OH is 5. The Morgan fingerprint density at radius 2 is 1.39 bits per heavy atom. The van der Waals surface area contributed by atoms with Crippen molar-refractivity contribution in [2.24, 2.45) is 11.8 Å². The largest absolute Gasteiger partial charge is 0.502 e. The maximum Gasteiger partial charge on any atom is 0.201 e. The van der Waals surface area contributed by atoms with Gasteiger partial charge in [-0.1, -0.05) is 0 Å². The van der Waals surface area contributed by atoms with E-state index < -0.39 is 55.1 Å². The van der Waals surface area contributed by atoms with E-state index in [0.717, 1.165) is 5.56 Å². The standard InChI is InChI=1S/C28H38O13/c1-36-16-7-13(8-17(37-2)22(16)31)20-15(11-40-28-26(35)25(34)23(32)19(10-30)41-28)14(9-29)5-12-6-18(38-3)24(33)27(39-4)21(12)20/h6-8,14-15,19-20,23,25-26,28-35H,5,9-11H2,1-4H3/t14-,15-,19-,20+,23+,25+,26-,28-/m0/s1. The lowest BCUT2D eigenvalue weighted by Gasteiger charge is -2.43. The van der Waals surface area contributed by atoms with E-state index in [4.69, 9.17) is 28.4 Å². The molecule has 1 saturated heterocycles. The van der Waals surface area contributed by atoms with Crippen molar-refractivity contribution in [3.05, 3.63) is 34.9 Å². The first-order valence-corrected chi connectivity index (χ1v) is 13.1. The minimum absolute atomic E-state index is 0.123. The van der Waals surface area contributed by atoms with Gasteiger partial charge in [0.15, 0.2) is 29.3 Å². The number of benzene rings is 2. The van der Waals surface area contributed by atoms with Gasteiger partial charge in [-0.2, -0.15) is 0 Å². The van der Waals surface area contributed by atoms with Crippen molar-refractivity contribution < 1.29 is 64.2 Å². The second-order valence-electron chi connectivity index (χ2n) is 10.1. The molecule has 41 heavy (non-hydrogen) atoms. The van der Waals surface area contributed by atoms with Gasteiger partial charge in [0.2, 0.25) is 11.5 Å². The van der Waals surface area contributed by atoms with Gasteiger partial charge in [-0.05, 0) is 47.6 Å². The van der Waals surface area contributed by atoms with Crippen LogP contribution in [0.15, 0.2) is 18.2 Å². The topological polar surface area (TPSA) is 197 Å². The van der Waals surface area contributed by atoms with Crippen LogP contribution >= 0.6 is 0 Å². The second-order valence-corrected chi connectivity index (χ2v) is 10.1. The molecule has 4 rings (SSSR count). The first-order chi connectivity index (χ1) is 19.6. The van der Waals surface area contributed by atoms with Crippen LogP contribution in [0.1, 0.15) is 22.6 Å². The maximum atomic E-state index is 11.0. The van der Waals surface area contributed by atoms with Crippen molar-refractivity contribution in [2.75, 3.05) is 48.3 Å². The van der Waals surface area contributed by atoms with Crippen LogP contribution < -0.4 is 18.9 Å². The zero-order valence-electron chi connectivity index (χ0n) is 23.3. The van der Waals surface area contributed by atoms with Crippen LogP contribution in [0.2, 0.25) is 0 Å². The summed E-state index contributed by atoms with van der Waals surface area (Å²) < 4.78 is 33.3. The number of aromatic hydroxyl groups is 2. The number of phenolic OH excluding ortho intramolecular Hbond substituents is 2. The van der Waals surface area contributed by atoms with E-state index in [1.165, 1.54) is 28.4 Å². The van der Waals surface area contributed by atoms with Gasteiger partial charge in [0, 0.05) is 18.1 Å². The molecule has 1 aliphatic heterocycles. The third-order valence-electron chi connectivity index (χ3n) is 7.99. The van der Waals surface area contributed by atoms with Crippen LogP contribution in [-0.2, 0) is 15.9 Å². The Bertz CT molecular complexity index is 1180. The third kappa shape index (κ3) is 5.58. The molecule has 0 saturated carbocycles. The Labute approximate surface area is 237 Å². The van der Waals surface area contributed by atoms with Crippen LogP contribution in [0, 0.1) is 11.8 Å². The number of fused-ring (bicyclic) bond motifs is 1. The number of aliphatic hydroxyl groups is 5. The monoisotopic (exact) mass is 582 g/mol. The van der Waals surface area contributed by atoms with E-state index >= 15 is 0 Å². The molecule has 2 aromatic carbocycles. The van der Waals surface area contributed by atoms with E-state index in [-0.39, 0.29) is 47.7 Å². The average molecular weight is 583 g/mol. The number of hydrogen-bond donors (Lipinski definition) is 7. The predicted octanol–water partition coefficient (Wildman–Crippen LogP) is -0.139. The summed E-state index contributed by atoms with van der Waals surface area (Å²) in [6, 6.07) is 4.88. The molecule has 13 nitrogen and oxygen atoms in total. The normalized spacial score (nSPS) is 29.5. The van der Waals surface area contributed by atoms with Crippen molar-refractivity contribution in [2.45, 2.75) is 43.0 Å². The summed E-state index contributed by atoms with van der Waals surface area (Å²) in [5.41, 5.74) is 1.88. The third-order valence-corrected chi connectivity index (χ3v) is 7.99. The van der Waals surface area contributed by atoms with Gasteiger partial charge in [0.1, 0.15) is 24.4 Å².